The second-order valence-electron chi connectivity index (χ2n) is 5.09. The van der Waals surface area contributed by atoms with Crippen molar-refractivity contribution in [2.45, 2.75) is 6.92 Å². The molecule has 0 N–H and O–H groups in total. The van der Waals surface area contributed by atoms with Gasteiger partial charge >= 0.3 is 0 Å². The molecule has 0 bridgehead atoms. The van der Waals surface area contributed by atoms with Crippen molar-refractivity contribution in [3.05, 3.63) is 68.7 Å². The molecule has 1 aliphatic heterocycles. The summed E-state index contributed by atoms with van der Waals surface area (Å²) in [5, 5.41) is 0.970. The molecular formula is C16H9ClN2O2. The average molecular weight is 297 g/mol. The number of ketones is 1. The molecule has 0 saturated heterocycles. The molecule has 0 amide bonds. The average Bonchev–Trinajstić information content (AvgIpc) is 2.73. The predicted molar refractivity (Wildman–Crippen MR) is 80.5 cm³/mol. The number of carbonyl (C=O) groups is 1. The van der Waals surface area contributed by atoms with E-state index in [0.717, 1.165) is 5.56 Å². The number of aryl methyl sites for hydroxylation is 1. The van der Waals surface area contributed by atoms with Crippen LogP contribution >= 0.6 is 11.6 Å². The number of halogens is 1. The number of fused-ring (bicyclic) bond motifs is 4. The van der Waals surface area contributed by atoms with Crippen LogP contribution in [0.5, 0.6) is 0 Å². The molecule has 5 heteroatoms. The largest absolute Gasteiger partial charge is 0.285 e. The third kappa shape index (κ3) is 1.59. The van der Waals surface area contributed by atoms with Crippen molar-refractivity contribution in [2.24, 2.45) is 0 Å². The highest BCUT2D eigenvalue weighted by molar-refractivity contribution is 6.31. The smallest absolute Gasteiger partial charge is 0.266 e. The van der Waals surface area contributed by atoms with E-state index in [0.29, 0.717) is 27.2 Å². The minimum absolute atomic E-state index is 0.147. The number of benzene rings is 2. The lowest BCUT2D eigenvalue weighted by atomic mass is 10.1. The fourth-order valence-corrected chi connectivity index (χ4v) is 2.85. The fraction of sp³-hybridized carbons (Fsp3) is 0.0625. The second-order valence-corrected chi connectivity index (χ2v) is 5.52. The Morgan fingerprint density at radius 1 is 1.10 bits per heavy atom. The Hall–Kier alpha value is -2.46. The van der Waals surface area contributed by atoms with Crippen molar-refractivity contribution in [1.29, 1.82) is 0 Å². The lowest BCUT2D eigenvalue weighted by Gasteiger charge is -2.06. The Kier molecular flexibility index (Phi) is 2.35. The van der Waals surface area contributed by atoms with Crippen LogP contribution in [0.2, 0.25) is 5.02 Å². The maximum Gasteiger partial charge on any atom is 0.266 e. The highest BCUT2D eigenvalue weighted by Crippen LogP contribution is 2.28. The van der Waals surface area contributed by atoms with Gasteiger partial charge in [0, 0.05) is 5.02 Å². The highest BCUT2D eigenvalue weighted by Gasteiger charge is 2.30. The first-order valence-corrected chi connectivity index (χ1v) is 6.82. The third-order valence-electron chi connectivity index (χ3n) is 3.67. The molecule has 0 spiro atoms. The van der Waals surface area contributed by atoms with Crippen molar-refractivity contribution in [3.8, 4) is 5.69 Å². The molecule has 0 unspecified atom stereocenters. The summed E-state index contributed by atoms with van der Waals surface area (Å²) >= 11 is 5.94. The van der Waals surface area contributed by atoms with E-state index in [1.807, 2.05) is 13.0 Å². The molecular weight excluding hydrogens is 288 g/mol. The molecule has 0 saturated carbocycles. The van der Waals surface area contributed by atoms with E-state index in [1.54, 1.807) is 30.3 Å². The van der Waals surface area contributed by atoms with Gasteiger partial charge in [-0.2, -0.15) is 0 Å². The molecule has 102 valence electrons. The zero-order valence-corrected chi connectivity index (χ0v) is 11.8. The lowest BCUT2D eigenvalue weighted by Crippen LogP contribution is -2.21. The molecule has 0 fully saturated rings. The summed E-state index contributed by atoms with van der Waals surface area (Å²) in [6.07, 6.45) is 0. The van der Waals surface area contributed by atoms with Crippen molar-refractivity contribution >= 4 is 28.3 Å². The Bertz CT molecular complexity index is 1010. The van der Waals surface area contributed by atoms with Crippen LogP contribution in [0.25, 0.3) is 16.6 Å². The van der Waals surface area contributed by atoms with Gasteiger partial charge in [0.15, 0.2) is 5.82 Å². The van der Waals surface area contributed by atoms with E-state index in [9.17, 15) is 9.59 Å². The molecule has 2 aromatic carbocycles. The molecule has 3 aromatic rings. The summed E-state index contributed by atoms with van der Waals surface area (Å²) in [6.45, 7) is 1.91. The van der Waals surface area contributed by atoms with Crippen LogP contribution in [0.4, 0.5) is 0 Å². The Balaban J connectivity index is 2.18. The van der Waals surface area contributed by atoms with Crippen LogP contribution in [-0.4, -0.2) is 15.3 Å². The summed E-state index contributed by atoms with van der Waals surface area (Å²) in [4.78, 5) is 29.5. The van der Waals surface area contributed by atoms with Crippen LogP contribution in [0, 0.1) is 6.92 Å². The van der Waals surface area contributed by atoms with Crippen LogP contribution in [0.15, 0.2) is 41.2 Å². The van der Waals surface area contributed by atoms with Crippen LogP contribution in [0.3, 0.4) is 0 Å². The molecule has 4 rings (SSSR count). The topological polar surface area (TPSA) is 52.0 Å². The zero-order chi connectivity index (χ0) is 14.7. The molecule has 0 atom stereocenters. The molecule has 2 heterocycles. The lowest BCUT2D eigenvalue weighted by molar-refractivity contribution is 0.103. The highest BCUT2D eigenvalue weighted by atomic mass is 35.5. The normalized spacial score (nSPS) is 12.6. The molecule has 0 aliphatic carbocycles. The maximum absolute atomic E-state index is 12.7. The van der Waals surface area contributed by atoms with Gasteiger partial charge in [-0.3, -0.25) is 14.2 Å². The van der Waals surface area contributed by atoms with Gasteiger partial charge in [0.1, 0.15) is 0 Å². The first-order valence-electron chi connectivity index (χ1n) is 6.44. The van der Waals surface area contributed by atoms with Crippen molar-refractivity contribution < 1.29 is 4.79 Å². The number of hydrogen-bond donors (Lipinski definition) is 0. The molecule has 4 nitrogen and oxygen atoms in total. The minimum atomic E-state index is -0.271. The van der Waals surface area contributed by atoms with Crippen LogP contribution in [-0.2, 0) is 0 Å². The van der Waals surface area contributed by atoms with E-state index < -0.39 is 0 Å². The maximum atomic E-state index is 12.7. The third-order valence-corrected chi connectivity index (χ3v) is 3.91. The second kappa shape index (κ2) is 4.02. The first kappa shape index (κ1) is 12.3. The van der Waals surface area contributed by atoms with Crippen LogP contribution in [0.1, 0.15) is 21.7 Å². The van der Waals surface area contributed by atoms with Gasteiger partial charge in [-0.1, -0.05) is 23.2 Å². The Labute approximate surface area is 124 Å². The van der Waals surface area contributed by atoms with Gasteiger partial charge in [0.05, 0.1) is 22.2 Å². The zero-order valence-electron chi connectivity index (χ0n) is 11.1. The number of aromatic nitrogens is 2. The quantitative estimate of drug-likeness (QED) is 0.501. The van der Waals surface area contributed by atoms with E-state index >= 15 is 0 Å². The van der Waals surface area contributed by atoms with Gasteiger partial charge in [-0.05, 0) is 37.3 Å². The van der Waals surface area contributed by atoms with Gasteiger partial charge in [-0.25, -0.2) is 4.98 Å². The number of rotatable bonds is 0. The monoisotopic (exact) mass is 296 g/mol. The van der Waals surface area contributed by atoms with E-state index in [4.69, 9.17) is 11.6 Å². The van der Waals surface area contributed by atoms with E-state index in [-0.39, 0.29) is 17.2 Å². The summed E-state index contributed by atoms with van der Waals surface area (Å²) in [5.41, 5.74) is 2.24. The summed E-state index contributed by atoms with van der Waals surface area (Å²) < 4.78 is 1.37. The van der Waals surface area contributed by atoms with E-state index in [2.05, 4.69) is 4.98 Å². The Morgan fingerprint density at radius 3 is 2.71 bits per heavy atom. The van der Waals surface area contributed by atoms with Crippen LogP contribution < -0.4 is 5.56 Å². The molecule has 21 heavy (non-hydrogen) atoms. The minimum Gasteiger partial charge on any atom is -0.285 e. The summed E-state index contributed by atoms with van der Waals surface area (Å²) in [6, 6.07) is 10.3. The fourth-order valence-electron chi connectivity index (χ4n) is 2.68. The van der Waals surface area contributed by atoms with E-state index in [1.165, 1.54) is 4.57 Å². The number of carbonyl (C=O) groups excluding carboxylic acids is 1. The number of nitrogens with zero attached hydrogens (tertiary/aromatic N) is 2. The standard InChI is InChI=1S/C16H9ClN2O2/c1-8-2-4-12-10(6-8)16(21)19-13-5-3-9(17)7-11(13)14(20)15(19)18-12/h2-7H,1H3. The van der Waals surface area contributed by atoms with Gasteiger partial charge in [0.2, 0.25) is 5.78 Å². The molecule has 1 aromatic heterocycles. The number of hydrogen-bond acceptors (Lipinski definition) is 3. The van der Waals surface area contributed by atoms with Gasteiger partial charge in [-0.15, -0.1) is 0 Å². The summed E-state index contributed by atoms with van der Waals surface area (Å²) in [7, 11) is 0. The molecule has 1 aliphatic rings. The molecule has 0 radical (unpaired) electrons. The first-order chi connectivity index (χ1) is 10.1. The van der Waals surface area contributed by atoms with Crippen molar-refractivity contribution in [2.75, 3.05) is 0 Å². The summed E-state index contributed by atoms with van der Waals surface area (Å²) in [5.74, 6) is -0.124. The van der Waals surface area contributed by atoms with Crippen molar-refractivity contribution in [3.63, 3.8) is 0 Å². The predicted octanol–water partition coefficient (Wildman–Crippen LogP) is 2.89. The Morgan fingerprint density at radius 2 is 1.90 bits per heavy atom. The SMILES string of the molecule is Cc1ccc2nc3n(c(=O)c2c1)-c1ccc(Cl)cc1C3=O. The van der Waals surface area contributed by atoms with Gasteiger partial charge in [0.25, 0.3) is 5.56 Å². The van der Waals surface area contributed by atoms with Crippen molar-refractivity contribution in [1.82, 2.24) is 9.55 Å². The van der Waals surface area contributed by atoms with Gasteiger partial charge < -0.3 is 0 Å².